The van der Waals surface area contributed by atoms with Gasteiger partial charge >= 0.3 is 0 Å². The van der Waals surface area contributed by atoms with E-state index in [0.717, 1.165) is 34.7 Å². The van der Waals surface area contributed by atoms with Crippen molar-refractivity contribution < 1.29 is 4.79 Å². The summed E-state index contributed by atoms with van der Waals surface area (Å²) in [6, 6.07) is 12.0. The number of benzene rings is 1. The van der Waals surface area contributed by atoms with Crippen LogP contribution in [0, 0.1) is 0 Å². The van der Waals surface area contributed by atoms with E-state index in [2.05, 4.69) is 35.0 Å². The maximum Gasteiger partial charge on any atom is 0.261 e. The lowest BCUT2D eigenvalue weighted by atomic mass is 10.0. The Labute approximate surface area is 216 Å². The number of aromatic nitrogens is 2. The average Bonchev–Trinajstić information content (AvgIpc) is 3.53. The monoisotopic (exact) mass is 495 g/mol. The molecule has 0 radical (unpaired) electrons. The Balaban J connectivity index is 1.37. The van der Waals surface area contributed by atoms with Gasteiger partial charge in [-0.15, -0.1) is 11.3 Å². The van der Waals surface area contributed by atoms with Crippen molar-refractivity contribution in [3.8, 4) is 0 Å². The minimum absolute atomic E-state index is 0.0254. The van der Waals surface area contributed by atoms with Gasteiger partial charge in [0.25, 0.3) is 5.91 Å². The zero-order valence-corrected chi connectivity index (χ0v) is 22.8. The SMILES string of the molecule is CCCCCCCCCCCCCCCCn1c(C(C)NC(=O)c2cccs2)nc2ccccc21. The van der Waals surface area contributed by atoms with Gasteiger partial charge in [-0.2, -0.15) is 0 Å². The summed E-state index contributed by atoms with van der Waals surface area (Å²) in [6.45, 7) is 5.27. The first-order valence-electron chi connectivity index (χ1n) is 14.0. The molecule has 3 rings (SSSR count). The van der Waals surface area contributed by atoms with Gasteiger partial charge < -0.3 is 9.88 Å². The summed E-state index contributed by atoms with van der Waals surface area (Å²) in [4.78, 5) is 18.2. The molecule has 5 heteroatoms. The number of para-hydroxylation sites is 2. The third kappa shape index (κ3) is 9.10. The van der Waals surface area contributed by atoms with Gasteiger partial charge in [0.15, 0.2) is 0 Å². The predicted molar refractivity (Wildman–Crippen MR) is 150 cm³/mol. The highest BCUT2D eigenvalue weighted by Gasteiger charge is 2.19. The summed E-state index contributed by atoms with van der Waals surface area (Å²) in [5.41, 5.74) is 2.17. The molecule has 1 atom stereocenters. The minimum atomic E-state index is -0.136. The lowest BCUT2D eigenvalue weighted by Gasteiger charge is -2.16. The van der Waals surface area contributed by atoms with Crippen molar-refractivity contribution in [3.05, 3.63) is 52.5 Å². The van der Waals surface area contributed by atoms with Crippen LogP contribution in [-0.2, 0) is 6.54 Å². The lowest BCUT2D eigenvalue weighted by Crippen LogP contribution is -2.28. The fraction of sp³-hybridized carbons (Fsp3) is 0.600. The van der Waals surface area contributed by atoms with E-state index in [9.17, 15) is 4.79 Å². The number of fused-ring (bicyclic) bond motifs is 1. The molecular weight excluding hydrogens is 450 g/mol. The van der Waals surface area contributed by atoms with E-state index in [-0.39, 0.29) is 11.9 Å². The smallest absolute Gasteiger partial charge is 0.261 e. The summed E-state index contributed by atoms with van der Waals surface area (Å²) in [6.07, 6.45) is 19.1. The number of imidazole rings is 1. The van der Waals surface area contributed by atoms with Gasteiger partial charge in [-0.05, 0) is 36.9 Å². The van der Waals surface area contributed by atoms with E-state index >= 15 is 0 Å². The van der Waals surface area contributed by atoms with Crippen LogP contribution < -0.4 is 5.32 Å². The summed E-state index contributed by atoms with van der Waals surface area (Å²) >= 11 is 1.47. The number of amides is 1. The number of hydrogen-bond acceptors (Lipinski definition) is 3. The van der Waals surface area contributed by atoms with Crippen molar-refractivity contribution in [2.75, 3.05) is 0 Å². The molecule has 192 valence electrons. The fourth-order valence-electron chi connectivity index (χ4n) is 4.86. The standard InChI is InChI=1S/C30H45N3OS/c1-3-4-5-6-7-8-9-10-11-12-13-14-15-18-23-33-27-21-17-16-20-26(27)32-29(33)25(2)31-30(34)28-22-19-24-35-28/h16-17,19-22,24-25H,3-15,18,23H2,1-2H3,(H,31,34). The highest BCUT2D eigenvalue weighted by atomic mass is 32.1. The second kappa shape index (κ2) is 15.8. The molecule has 1 unspecified atom stereocenters. The quantitative estimate of drug-likeness (QED) is 0.179. The molecule has 4 nitrogen and oxygen atoms in total. The molecule has 2 aromatic heterocycles. The zero-order chi connectivity index (χ0) is 24.7. The van der Waals surface area contributed by atoms with E-state index in [1.165, 1.54) is 94.8 Å². The van der Waals surface area contributed by atoms with Crippen molar-refractivity contribution >= 4 is 28.3 Å². The molecule has 0 aliphatic rings. The Bertz CT molecular complexity index is 979. The second-order valence-electron chi connectivity index (χ2n) is 9.88. The summed E-state index contributed by atoms with van der Waals surface area (Å²) < 4.78 is 2.31. The Morgan fingerprint density at radius 2 is 1.46 bits per heavy atom. The van der Waals surface area contributed by atoms with Crippen LogP contribution in [0.3, 0.4) is 0 Å². The summed E-state index contributed by atoms with van der Waals surface area (Å²) in [5.74, 6) is 0.924. The molecule has 2 heterocycles. The van der Waals surface area contributed by atoms with Crippen LogP contribution in [0.1, 0.15) is 125 Å². The van der Waals surface area contributed by atoms with Gasteiger partial charge in [-0.1, -0.05) is 109 Å². The first kappa shape index (κ1) is 27.4. The molecule has 0 aliphatic heterocycles. The second-order valence-corrected chi connectivity index (χ2v) is 10.8. The molecule has 0 aliphatic carbocycles. The van der Waals surface area contributed by atoms with Crippen LogP contribution in [0.5, 0.6) is 0 Å². The van der Waals surface area contributed by atoms with Crippen molar-refractivity contribution in [2.45, 2.75) is 116 Å². The first-order chi connectivity index (χ1) is 17.2. The maximum atomic E-state index is 12.6. The number of thiophene rings is 1. The molecule has 0 saturated carbocycles. The van der Waals surface area contributed by atoms with Crippen LogP contribution in [0.15, 0.2) is 41.8 Å². The number of rotatable bonds is 18. The molecule has 1 amide bonds. The number of nitrogens with zero attached hydrogens (tertiary/aromatic N) is 2. The first-order valence-corrected chi connectivity index (χ1v) is 14.9. The highest BCUT2D eigenvalue weighted by molar-refractivity contribution is 7.12. The fourth-order valence-corrected chi connectivity index (χ4v) is 5.49. The van der Waals surface area contributed by atoms with Gasteiger partial charge in [0.05, 0.1) is 22.0 Å². The number of hydrogen-bond donors (Lipinski definition) is 1. The highest BCUT2D eigenvalue weighted by Crippen LogP contribution is 2.23. The molecule has 3 aromatic rings. The number of unbranched alkanes of at least 4 members (excludes halogenated alkanes) is 13. The zero-order valence-electron chi connectivity index (χ0n) is 21.9. The molecule has 1 aromatic carbocycles. The minimum Gasteiger partial charge on any atom is -0.342 e. The summed E-state index contributed by atoms with van der Waals surface area (Å²) in [7, 11) is 0. The topological polar surface area (TPSA) is 46.9 Å². The third-order valence-electron chi connectivity index (χ3n) is 6.90. The molecule has 1 N–H and O–H groups in total. The van der Waals surface area contributed by atoms with Crippen molar-refractivity contribution in [3.63, 3.8) is 0 Å². The Morgan fingerprint density at radius 3 is 2.06 bits per heavy atom. The average molecular weight is 496 g/mol. The largest absolute Gasteiger partial charge is 0.342 e. The lowest BCUT2D eigenvalue weighted by molar-refractivity contribution is 0.0941. The van der Waals surface area contributed by atoms with Crippen LogP contribution in [0.2, 0.25) is 0 Å². The Morgan fingerprint density at radius 1 is 0.857 bits per heavy atom. The molecule has 35 heavy (non-hydrogen) atoms. The van der Waals surface area contributed by atoms with Crippen LogP contribution in [0.4, 0.5) is 0 Å². The van der Waals surface area contributed by atoms with Gasteiger partial charge in [-0.3, -0.25) is 4.79 Å². The number of nitrogens with one attached hydrogen (secondary N) is 1. The Hall–Kier alpha value is -2.14. The molecule has 0 bridgehead atoms. The van der Waals surface area contributed by atoms with E-state index in [1.807, 2.05) is 30.5 Å². The van der Waals surface area contributed by atoms with Gasteiger partial charge in [-0.25, -0.2) is 4.98 Å². The van der Waals surface area contributed by atoms with E-state index in [1.54, 1.807) is 0 Å². The molecule has 0 spiro atoms. The van der Waals surface area contributed by atoms with Crippen molar-refractivity contribution in [2.24, 2.45) is 0 Å². The van der Waals surface area contributed by atoms with E-state index in [0.29, 0.717) is 0 Å². The molecule has 0 fully saturated rings. The number of carbonyl (C=O) groups is 1. The maximum absolute atomic E-state index is 12.6. The Kier molecular flexibility index (Phi) is 12.4. The molecule has 0 saturated heterocycles. The van der Waals surface area contributed by atoms with E-state index in [4.69, 9.17) is 4.98 Å². The normalized spacial score (nSPS) is 12.3. The van der Waals surface area contributed by atoms with Gasteiger partial charge in [0.1, 0.15) is 5.82 Å². The van der Waals surface area contributed by atoms with Gasteiger partial charge in [0.2, 0.25) is 0 Å². The van der Waals surface area contributed by atoms with Crippen LogP contribution >= 0.6 is 11.3 Å². The number of aryl methyl sites for hydroxylation is 1. The van der Waals surface area contributed by atoms with Crippen LogP contribution in [0.25, 0.3) is 11.0 Å². The molecular formula is C30H45N3OS. The third-order valence-corrected chi connectivity index (χ3v) is 7.77. The number of carbonyl (C=O) groups excluding carboxylic acids is 1. The van der Waals surface area contributed by atoms with Crippen molar-refractivity contribution in [1.29, 1.82) is 0 Å². The predicted octanol–water partition coefficient (Wildman–Crippen LogP) is 9.07. The van der Waals surface area contributed by atoms with Gasteiger partial charge in [0, 0.05) is 6.54 Å². The van der Waals surface area contributed by atoms with E-state index < -0.39 is 0 Å². The summed E-state index contributed by atoms with van der Waals surface area (Å²) in [5, 5.41) is 5.07. The van der Waals surface area contributed by atoms with Crippen molar-refractivity contribution in [1.82, 2.24) is 14.9 Å². The van der Waals surface area contributed by atoms with Crippen LogP contribution in [-0.4, -0.2) is 15.5 Å².